The first-order valence-electron chi connectivity index (χ1n) is 5.43. The van der Waals surface area contributed by atoms with Gasteiger partial charge in [-0.05, 0) is 16.6 Å². The van der Waals surface area contributed by atoms with Crippen LogP contribution in [0.3, 0.4) is 0 Å². The molecule has 2 heterocycles. The van der Waals surface area contributed by atoms with Crippen molar-refractivity contribution < 1.29 is 20.8 Å². The fourth-order valence-electron chi connectivity index (χ4n) is 1.75. The fraction of sp³-hybridized carbons (Fsp3) is 0.0769. The van der Waals surface area contributed by atoms with E-state index in [0.29, 0.717) is 0 Å². The Kier molecular flexibility index (Phi) is 3.93. The van der Waals surface area contributed by atoms with Gasteiger partial charge in [0.05, 0.1) is 0 Å². The summed E-state index contributed by atoms with van der Waals surface area (Å²) in [5, 5.41) is 3.99. The zero-order valence-electron chi connectivity index (χ0n) is 9.80. The molecule has 0 aliphatic rings. The summed E-state index contributed by atoms with van der Waals surface area (Å²) in [4.78, 5) is 4.44. The Hall–Kier alpha value is -1.46. The van der Waals surface area contributed by atoms with Gasteiger partial charge in [0.25, 0.3) is 0 Å². The lowest BCUT2D eigenvalue weighted by Gasteiger charge is -1.97. The van der Waals surface area contributed by atoms with E-state index in [4.69, 9.17) is 0 Å². The monoisotopic (exact) mass is 321 g/mol. The van der Waals surface area contributed by atoms with Crippen LogP contribution < -0.4 is 26.1 Å². The maximum atomic E-state index is 4.44. The molecule has 0 saturated heterocycles. The highest BCUT2D eigenvalue weighted by atomic mass is 79.9. The molecule has 2 aromatic heterocycles. The van der Waals surface area contributed by atoms with E-state index in [0.717, 1.165) is 10.8 Å². The van der Waals surface area contributed by atoms with Gasteiger partial charge in [0.15, 0.2) is 0 Å². The maximum absolute atomic E-state index is 4.44. The van der Waals surface area contributed by atoms with Crippen LogP contribution in [0.5, 0.6) is 0 Å². The molecule has 1 N–H and O–H groups in total. The number of fused-ring (bicyclic) bond motifs is 1. The van der Waals surface area contributed by atoms with E-state index in [-0.39, 0.29) is 17.0 Å². The lowest BCUT2D eigenvalue weighted by atomic mass is 10.1. The minimum atomic E-state index is 0. The summed E-state index contributed by atoms with van der Waals surface area (Å²) in [5.41, 5.74) is 3.40. The van der Waals surface area contributed by atoms with Gasteiger partial charge in [-0.2, -0.15) is 0 Å². The Labute approximate surface area is 120 Å². The van der Waals surface area contributed by atoms with Gasteiger partial charge >= 0.3 is 10.8 Å². The molecule has 18 heavy (non-hydrogen) atoms. The summed E-state index contributed by atoms with van der Waals surface area (Å²) < 4.78 is 2.08. The maximum Gasteiger partial charge on any atom is 0.342 e. The molecular formula is C13H12BrN3S. The predicted octanol–water partition coefficient (Wildman–Crippen LogP) is -0.406. The molecule has 92 valence electrons. The van der Waals surface area contributed by atoms with Crippen molar-refractivity contribution in [2.75, 3.05) is 12.4 Å². The summed E-state index contributed by atoms with van der Waals surface area (Å²) in [6, 6.07) is 14.5. The Morgan fingerprint density at radius 1 is 1.06 bits per heavy atom. The van der Waals surface area contributed by atoms with E-state index in [1.165, 1.54) is 11.1 Å². The van der Waals surface area contributed by atoms with Crippen LogP contribution in [0.2, 0.25) is 0 Å². The number of hydrogen-bond acceptors (Lipinski definition) is 3. The molecule has 1 aromatic carbocycles. The molecule has 0 amide bonds. The molecule has 0 spiro atoms. The van der Waals surface area contributed by atoms with Gasteiger partial charge in [0.2, 0.25) is 0 Å². The zero-order valence-corrected chi connectivity index (χ0v) is 12.2. The number of aromatic nitrogens is 2. The second-order valence-electron chi connectivity index (χ2n) is 3.73. The number of pyridine rings is 1. The van der Waals surface area contributed by atoms with Crippen LogP contribution in [0.25, 0.3) is 16.8 Å². The minimum Gasteiger partial charge on any atom is -1.00 e. The number of rotatable bonds is 2. The summed E-state index contributed by atoms with van der Waals surface area (Å²) in [5.74, 6) is 0. The Morgan fingerprint density at radius 3 is 2.56 bits per heavy atom. The Morgan fingerprint density at radius 2 is 1.83 bits per heavy atom. The molecule has 0 atom stereocenters. The van der Waals surface area contributed by atoms with Crippen LogP contribution in [0.1, 0.15) is 0 Å². The first-order chi connectivity index (χ1) is 8.36. The van der Waals surface area contributed by atoms with Crippen LogP contribution in [-0.2, 0) is 0 Å². The number of anilines is 1. The average molecular weight is 322 g/mol. The predicted molar refractivity (Wildman–Crippen MR) is 70.3 cm³/mol. The molecule has 0 radical (unpaired) electrons. The molecule has 3 rings (SSSR count). The number of nitrogens with one attached hydrogen (secondary N) is 1. The first kappa shape index (κ1) is 13.0. The van der Waals surface area contributed by atoms with Crippen LogP contribution in [0.15, 0.2) is 48.7 Å². The smallest absolute Gasteiger partial charge is 0.342 e. The minimum absolute atomic E-state index is 0. The standard InChI is InChI=1S/C13H11N3S.BrH/c1-14-13-15-12-8-7-11(9-16(12)17-13)10-5-3-2-4-6-10;/h2-9H,1H3;1H. The molecular weight excluding hydrogens is 310 g/mol. The third-order valence-electron chi connectivity index (χ3n) is 2.62. The third kappa shape index (κ3) is 2.37. The van der Waals surface area contributed by atoms with Gasteiger partial charge < -0.3 is 22.3 Å². The van der Waals surface area contributed by atoms with E-state index < -0.39 is 0 Å². The van der Waals surface area contributed by atoms with E-state index in [1.807, 2.05) is 19.2 Å². The van der Waals surface area contributed by atoms with Crippen molar-refractivity contribution in [3.8, 4) is 11.1 Å². The molecule has 0 saturated carbocycles. The van der Waals surface area contributed by atoms with E-state index in [9.17, 15) is 0 Å². The van der Waals surface area contributed by atoms with Gasteiger partial charge in [-0.3, -0.25) is 0 Å². The van der Waals surface area contributed by atoms with Gasteiger partial charge in [-0.25, -0.2) is 0 Å². The Bertz CT molecular complexity index is 652. The normalized spacial score (nSPS) is 10.1. The lowest BCUT2D eigenvalue weighted by molar-refractivity contribution is -0.433. The molecule has 0 bridgehead atoms. The topological polar surface area (TPSA) is 29.0 Å². The van der Waals surface area contributed by atoms with Crippen molar-refractivity contribution in [2.45, 2.75) is 0 Å². The fourth-order valence-corrected chi connectivity index (χ4v) is 2.53. The highest BCUT2D eigenvalue weighted by Gasteiger charge is 2.13. The average Bonchev–Trinajstić information content (AvgIpc) is 2.81. The molecule has 0 aliphatic heterocycles. The van der Waals surface area contributed by atoms with Crippen molar-refractivity contribution in [2.24, 2.45) is 0 Å². The van der Waals surface area contributed by atoms with Crippen molar-refractivity contribution >= 4 is 22.3 Å². The van der Waals surface area contributed by atoms with E-state index in [2.05, 4.69) is 50.6 Å². The van der Waals surface area contributed by atoms with E-state index in [1.54, 1.807) is 11.5 Å². The molecule has 0 fully saturated rings. The second kappa shape index (κ2) is 5.46. The second-order valence-corrected chi connectivity index (χ2v) is 4.69. The number of nitrogens with zero attached hydrogens (tertiary/aromatic N) is 2. The lowest BCUT2D eigenvalue weighted by Crippen LogP contribution is -3.00. The van der Waals surface area contributed by atoms with E-state index >= 15 is 0 Å². The van der Waals surface area contributed by atoms with Crippen LogP contribution in [0, 0.1) is 0 Å². The number of halogens is 1. The van der Waals surface area contributed by atoms with Gasteiger partial charge in [0.1, 0.15) is 17.7 Å². The van der Waals surface area contributed by atoms with Gasteiger partial charge in [-0.15, -0.1) is 3.79 Å². The third-order valence-corrected chi connectivity index (χ3v) is 3.57. The Balaban J connectivity index is 0.00000120. The highest BCUT2D eigenvalue weighted by Crippen LogP contribution is 2.18. The van der Waals surface area contributed by atoms with Crippen molar-refractivity contribution in [3.63, 3.8) is 0 Å². The van der Waals surface area contributed by atoms with Crippen LogP contribution in [-0.4, -0.2) is 12.0 Å². The molecule has 3 nitrogen and oxygen atoms in total. The zero-order chi connectivity index (χ0) is 11.7. The summed E-state index contributed by atoms with van der Waals surface area (Å²) >= 11 is 1.60. The largest absolute Gasteiger partial charge is 1.00 e. The summed E-state index contributed by atoms with van der Waals surface area (Å²) in [6.45, 7) is 0. The van der Waals surface area contributed by atoms with Crippen LogP contribution in [0.4, 0.5) is 5.13 Å². The van der Waals surface area contributed by atoms with Gasteiger partial charge in [-0.1, -0.05) is 30.3 Å². The summed E-state index contributed by atoms with van der Waals surface area (Å²) in [7, 11) is 1.89. The van der Waals surface area contributed by atoms with Crippen molar-refractivity contribution in [3.05, 3.63) is 48.7 Å². The summed E-state index contributed by atoms with van der Waals surface area (Å²) in [6.07, 6.45) is 2.11. The molecule has 5 heteroatoms. The molecule has 3 aromatic rings. The quantitative estimate of drug-likeness (QED) is 0.650. The highest BCUT2D eigenvalue weighted by molar-refractivity contribution is 7.06. The number of hydrogen-bond donors (Lipinski definition) is 1. The van der Waals surface area contributed by atoms with Crippen molar-refractivity contribution in [1.82, 2.24) is 4.98 Å². The molecule has 0 aliphatic carbocycles. The van der Waals surface area contributed by atoms with Crippen molar-refractivity contribution in [1.29, 1.82) is 0 Å². The van der Waals surface area contributed by atoms with Gasteiger partial charge in [0, 0.05) is 18.7 Å². The SMILES string of the molecule is CNc1nc2ccc(-c3ccccc3)c[n+]2s1.[Br-]. The van der Waals surface area contributed by atoms with Crippen LogP contribution >= 0.6 is 11.5 Å². The molecule has 0 unspecified atom stereocenters. The number of benzene rings is 1. The first-order valence-corrected chi connectivity index (χ1v) is 6.20.